The van der Waals surface area contributed by atoms with Gasteiger partial charge in [0.2, 0.25) is 0 Å². The normalized spacial score (nSPS) is 11.4. The van der Waals surface area contributed by atoms with Crippen molar-refractivity contribution in [3.8, 4) is 0 Å². The standard InChI is InChI=1S/C11H18N2O4/c1-4-6-13(7-5-2)11(16)12-8-9(17-3)10(14)15/h4-5,9H,1-2,6-8H2,3H3,(H,12,16)(H,14,15). The minimum absolute atomic E-state index is 0.0878. The molecular formula is C11H18N2O4. The molecule has 0 saturated heterocycles. The van der Waals surface area contributed by atoms with Gasteiger partial charge in [0.15, 0.2) is 6.10 Å². The molecule has 0 aliphatic heterocycles. The molecule has 2 N–H and O–H groups in total. The molecule has 0 saturated carbocycles. The molecule has 0 aliphatic rings. The number of hydrogen-bond acceptors (Lipinski definition) is 3. The van der Waals surface area contributed by atoms with E-state index in [9.17, 15) is 9.59 Å². The summed E-state index contributed by atoms with van der Waals surface area (Å²) >= 11 is 0. The second kappa shape index (κ2) is 8.35. The molecule has 0 aromatic rings. The van der Waals surface area contributed by atoms with Crippen LogP contribution in [0.5, 0.6) is 0 Å². The van der Waals surface area contributed by atoms with Crippen molar-refractivity contribution in [2.24, 2.45) is 0 Å². The maximum absolute atomic E-state index is 11.6. The van der Waals surface area contributed by atoms with Crippen molar-refractivity contribution < 1.29 is 19.4 Å². The molecule has 0 fully saturated rings. The van der Waals surface area contributed by atoms with Gasteiger partial charge in [-0.1, -0.05) is 12.2 Å². The van der Waals surface area contributed by atoms with E-state index in [2.05, 4.69) is 23.2 Å². The van der Waals surface area contributed by atoms with E-state index >= 15 is 0 Å². The van der Waals surface area contributed by atoms with Crippen LogP contribution in [0.1, 0.15) is 0 Å². The van der Waals surface area contributed by atoms with Gasteiger partial charge in [-0.15, -0.1) is 13.2 Å². The van der Waals surface area contributed by atoms with Gasteiger partial charge < -0.3 is 20.1 Å². The lowest BCUT2D eigenvalue weighted by atomic mass is 10.3. The van der Waals surface area contributed by atoms with Gasteiger partial charge in [0, 0.05) is 20.2 Å². The summed E-state index contributed by atoms with van der Waals surface area (Å²) in [5, 5.41) is 11.2. The van der Waals surface area contributed by atoms with E-state index in [1.807, 2.05) is 0 Å². The van der Waals surface area contributed by atoms with Crippen LogP contribution in [-0.4, -0.2) is 54.9 Å². The Labute approximate surface area is 101 Å². The predicted octanol–water partition coefficient (Wildman–Crippen LogP) is 0.470. The van der Waals surface area contributed by atoms with E-state index in [0.717, 1.165) is 0 Å². The van der Waals surface area contributed by atoms with E-state index in [1.165, 1.54) is 12.0 Å². The van der Waals surface area contributed by atoms with Crippen LogP contribution in [0.15, 0.2) is 25.3 Å². The van der Waals surface area contributed by atoms with Crippen molar-refractivity contribution in [1.82, 2.24) is 10.2 Å². The topological polar surface area (TPSA) is 78.9 Å². The highest BCUT2D eigenvalue weighted by Gasteiger charge is 2.18. The average Bonchev–Trinajstić information content (AvgIpc) is 2.28. The van der Waals surface area contributed by atoms with Crippen LogP contribution in [0.25, 0.3) is 0 Å². The maximum Gasteiger partial charge on any atom is 0.334 e. The first-order valence-electron chi connectivity index (χ1n) is 5.07. The zero-order chi connectivity index (χ0) is 13.3. The van der Waals surface area contributed by atoms with Gasteiger partial charge in [-0.2, -0.15) is 0 Å². The van der Waals surface area contributed by atoms with E-state index in [1.54, 1.807) is 12.2 Å². The second-order valence-corrected chi connectivity index (χ2v) is 3.23. The number of aliphatic carboxylic acids is 1. The number of nitrogens with one attached hydrogen (secondary N) is 1. The highest BCUT2D eigenvalue weighted by molar-refractivity contribution is 5.77. The number of nitrogens with zero attached hydrogens (tertiary/aromatic N) is 1. The molecule has 1 unspecified atom stereocenters. The number of carboxylic acid groups (broad SMARTS) is 1. The summed E-state index contributed by atoms with van der Waals surface area (Å²) < 4.78 is 4.69. The fourth-order valence-electron chi connectivity index (χ4n) is 1.12. The smallest absolute Gasteiger partial charge is 0.334 e. The number of ether oxygens (including phenoxy) is 1. The fraction of sp³-hybridized carbons (Fsp3) is 0.455. The fourth-order valence-corrected chi connectivity index (χ4v) is 1.12. The average molecular weight is 242 g/mol. The van der Waals surface area contributed by atoms with Gasteiger partial charge in [0.05, 0.1) is 6.54 Å². The number of amides is 2. The number of methoxy groups -OCH3 is 1. The Bertz CT molecular complexity index is 281. The molecule has 0 spiro atoms. The van der Waals surface area contributed by atoms with Crippen LogP contribution >= 0.6 is 0 Å². The molecule has 17 heavy (non-hydrogen) atoms. The van der Waals surface area contributed by atoms with Gasteiger partial charge in [-0.25, -0.2) is 9.59 Å². The number of rotatable bonds is 8. The molecule has 0 aromatic carbocycles. The molecule has 96 valence electrons. The second-order valence-electron chi connectivity index (χ2n) is 3.23. The Morgan fingerprint density at radius 2 is 1.94 bits per heavy atom. The van der Waals surface area contributed by atoms with E-state index in [-0.39, 0.29) is 12.6 Å². The van der Waals surface area contributed by atoms with Crippen molar-refractivity contribution in [3.63, 3.8) is 0 Å². The first kappa shape index (κ1) is 15.2. The van der Waals surface area contributed by atoms with Gasteiger partial charge in [0.25, 0.3) is 0 Å². The largest absolute Gasteiger partial charge is 0.479 e. The molecule has 0 radical (unpaired) electrons. The SMILES string of the molecule is C=CCN(CC=C)C(=O)NCC(OC)C(=O)O. The molecule has 0 rings (SSSR count). The Hall–Kier alpha value is -1.82. The number of hydrogen-bond donors (Lipinski definition) is 2. The van der Waals surface area contributed by atoms with E-state index < -0.39 is 12.1 Å². The molecule has 0 bridgehead atoms. The molecule has 0 aliphatic carbocycles. The van der Waals surface area contributed by atoms with Gasteiger partial charge in [-0.3, -0.25) is 0 Å². The molecule has 0 aromatic heterocycles. The van der Waals surface area contributed by atoms with Gasteiger partial charge in [-0.05, 0) is 0 Å². The third kappa shape index (κ3) is 5.72. The molecule has 1 atom stereocenters. The van der Waals surface area contributed by atoms with Crippen LogP contribution in [0.3, 0.4) is 0 Å². The number of carboxylic acids is 1. The molecular weight excluding hydrogens is 224 g/mol. The highest BCUT2D eigenvalue weighted by Crippen LogP contribution is 1.93. The third-order valence-electron chi connectivity index (χ3n) is 1.98. The Morgan fingerprint density at radius 3 is 2.29 bits per heavy atom. The van der Waals surface area contributed by atoms with Crippen molar-refractivity contribution in [1.29, 1.82) is 0 Å². The lowest BCUT2D eigenvalue weighted by Crippen LogP contribution is -2.45. The zero-order valence-electron chi connectivity index (χ0n) is 9.89. The van der Waals surface area contributed by atoms with Gasteiger partial charge in [0.1, 0.15) is 0 Å². The molecule has 6 heteroatoms. The van der Waals surface area contributed by atoms with Crippen molar-refractivity contribution in [3.05, 3.63) is 25.3 Å². The van der Waals surface area contributed by atoms with Crippen molar-refractivity contribution >= 4 is 12.0 Å². The van der Waals surface area contributed by atoms with Crippen LogP contribution < -0.4 is 5.32 Å². The summed E-state index contributed by atoms with van der Waals surface area (Å²) in [4.78, 5) is 23.7. The number of urea groups is 1. The summed E-state index contributed by atoms with van der Waals surface area (Å²) in [7, 11) is 1.27. The quantitative estimate of drug-likeness (QED) is 0.606. The first-order chi connectivity index (χ1) is 8.06. The van der Waals surface area contributed by atoms with E-state index in [0.29, 0.717) is 13.1 Å². The van der Waals surface area contributed by atoms with Crippen LogP contribution in [0, 0.1) is 0 Å². The monoisotopic (exact) mass is 242 g/mol. The molecule has 0 heterocycles. The lowest BCUT2D eigenvalue weighted by molar-refractivity contribution is -0.148. The minimum atomic E-state index is -1.12. The number of carbonyl (C=O) groups is 2. The highest BCUT2D eigenvalue weighted by atomic mass is 16.5. The maximum atomic E-state index is 11.6. The summed E-state index contributed by atoms with van der Waals surface area (Å²) in [5.74, 6) is -1.12. The molecule has 2 amide bonds. The Morgan fingerprint density at radius 1 is 1.41 bits per heavy atom. The van der Waals surface area contributed by atoms with Crippen LogP contribution in [-0.2, 0) is 9.53 Å². The first-order valence-corrected chi connectivity index (χ1v) is 5.07. The summed E-state index contributed by atoms with van der Waals surface area (Å²) in [5.41, 5.74) is 0. The van der Waals surface area contributed by atoms with Crippen molar-refractivity contribution in [2.45, 2.75) is 6.10 Å². The third-order valence-corrected chi connectivity index (χ3v) is 1.98. The number of carbonyl (C=O) groups excluding carboxylic acids is 1. The summed E-state index contributed by atoms with van der Waals surface area (Å²) in [6.45, 7) is 7.70. The van der Waals surface area contributed by atoms with Crippen LogP contribution in [0.4, 0.5) is 4.79 Å². The van der Waals surface area contributed by atoms with E-state index in [4.69, 9.17) is 5.11 Å². The van der Waals surface area contributed by atoms with Crippen molar-refractivity contribution in [2.75, 3.05) is 26.7 Å². The summed E-state index contributed by atoms with van der Waals surface area (Å²) in [6, 6.07) is -0.381. The summed E-state index contributed by atoms with van der Waals surface area (Å²) in [6.07, 6.45) is 2.11. The lowest BCUT2D eigenvalue weighted by Gasteiger charge is -2.21. The predicted molar refractivity (Wildman–Crippen MR) is 63.8 cm³/mol. The Balaban J connectivity index is 4.24. The van der Waals surface area contributed by atoms with Gasteiger partial charge >= 0.3 is 12.0 Å². The minimum Gasteiger partial charge on any atom is -0.479 e. The zero-order valence-corrected chi connectivity index (χ0v) is 9.89. The molecule has 6 nitrogen and oxygen atoms in total. The van der Waals surface area contributed by atoms with Crippen LogP contribution in [0.2, 0.25) is 0 Å². The Kier molecular flexibility index (Phi) is 7.45.